The van der Waals surface area contributed by atoms with Crippen LogP contribution in [0, 0.1) is 12.7 Å². The number of ether oxygens (including phenoxy) is 1. The van der Waals surface area contributed by atoms with E-state index in [-0.39, 0.29) is 18.0 Å². The lowest BCUT2D eigenvalue weighted by Crippen LogP contribution is -2.07. The van der Waals surface area contributed by atoms with Crippen molar-refractivity contribution in [2.75, 3.05) is 12.9 Å². The third-order valence-corrected chi connectivity index (χ3v) is 4.14. The Bertz CT molecular complexity index is 623. The molecule has 2 aromatic rings. The monoisotopic (exact) mass is 304 g/mol. The van der Waals surface area contributed by atoms with Crippen LogP contribution in [0.25, 0.3) is 0 Å². The van der Waals surface area contributed by atoms with Gasteiger partial charge in [0.05, 0.1) is 12.9 Å². The molecule has 0 fully saturated rings. The fraction of sp³-hybridized carbons (Fsp3) is 0.235. The van der Waals surface area contributed by atoms with Crippen LogP contribution in [0.1, 0.15) is 11.1 Å². The summed E-state index contributed by atoms with van der Waals surface area (Å²) in [4.78, 5) is 13.0. The Morgan fingerprint density at radius 1 is 1.19 bits per heavy atom. The summed E-state index contributed by atoms with van der Waals surface area (Å²) in [5, 5.41) is 0. The van der Waals surface area contributed by atoms with Crippen molar-refractivity contribution >= 4 is 17.5 Å². The molecule has 0 amide bonds. The summed E-state index contributed by atoms with van der Waals surface area (Å²) >= 11 is 1.47. The van der Waals surface area contributed by atoms with Crippen LogP contribution >= 0.6 is 11.8 Å². The molecule has 110 valence electrons. The van der Waals surface area contributed by atoms with Gasteiger partial charge in [0.25, 0.3) is 0 Å². The molecule has 2 rings (SSSR count). The van der Waals surface area contributed by atoms with E-state index in [0.29, 0.717) is 11.3 Å². The van der Waals surface area contributed by atoms with Crippen molar-refractivity contribution in [1.29, 1.82) is 0 Å². The van der Waals surface area contributed by atoms with Gasteiger partial charge in [0.1, 0.15) is 5.78 Å². The van der Waals surface area contributed by atoms with E-state index in [9.17, 15) is 9.18 Å². The lowest BCUT2D eigenvalue weighted by Gasteiger charge is -2.07. The van der Waals surface area contributed by atoms with Crippen molar-refractivity contribution < 1.29 is 13.9 Å². The lowest BCUT2D eigenvalue weighted by molar-refractivity contribution is -0.116. The maximum absolute atomic E-state index is 14.0. The summed E-state index contributed by atoms with van der Waals surface area (Å²) in [5.74, 6) is 0.0487. The highest BCUT2D eigenvalue weighted by Gasteiger charge is 2.12. The number of methoxy groups -OCH3 is 1. The Kier molecular flexibility index (Phi) is 5.39. The van der Waals surface area contributed by atoms with Crippen LogP contribution < -0.4 is 4.74 Å². The highest BCUT2D eigenvalue weighted by atomic mass is 32.2. The second-order valence-corrected chi connectivity index (χ2v) is 5.80. The number of benzene rings is 2. The van der Waals surface area contributed by atoms with Gasteiger partial charge in [-0.25, -0.2) is 4.39 Å². The molecule has 2 nitrogen and oxygen atoms in total. The van der Waals surface area contributed by atoms with Crippen LogP contribution in [0.4, 0.5) is 4.39 Å². The highest BCUT2D eigenvalue weighted by Crippen LogP contribution is 2.22. The summed E-state index contributed by atoms with van der Waals surface area (Å²) in [6.07, 6.45) is 0.0852. The second-order valence-electron chi connectivity index (χ2n) is 4.75. The zero-order chi connectivity index (χ0) is 15.2. The molecular formula is C17H17FO2S. The minimum absolute atomic E-state index is 0.00673. The number of ketones is 1. The van der Waals surface area contributed by atoms with Gasteiger partial charge in [-0.15, -0.1) is 11.8 Å². The average Bonchev–Trinajstić information content (AvgIpc) is 2.49. The zero-order valence-corrected chi connectivity index (χ0v) is 12.9. The smallest absolute Gasteiger partial charge is 0.168 e. The topological polar surface area (TPSA) is 26.3 Å². The van der Waals surface area contributed by atoms with Gasteiger partial charge in [-0.05, 0) is 30.7 Å². The van der Waals surface area contributed by atoms with Crippen LogP contribution in [0.5, 0.6) is 5.75 Å². The van der Waals surface area contributed by atoms with Crippen LogP contribution in [0.3, 0.4) is 0 Å². The summed E-state index contributed by atoms with van der Waals surface area (Å²) in [6.45, 7) is 2.02. The number of aryl methyl sites for hydroxylation is 1. The molecule has 2 aromatic carbocycles. The average molecular weight is 304 g/mol. The quantitative estimate of drug-likeness (QED) is 0.753. The number of thioether (sulfide) groups is 1. The lowest BCUT2D eigenvalue weighted by atomic mass is 10.1. The number of hydrogen-bond donors (Lipinski definition) is 0. The van der Waals surface area contributed by atoms with Gasteiger partial charge in [-0.2, -0.15) is 0 Å². The molecule has 21 heavy (non-hydrogen) atoms. The maximum Gasteiger partial charge on any atom is 0.168 e. The van der Waals surface area contributed by atoms with E-state index in [1.807, 2.05) is 31.2 Å². The first-order valence-corrected chi connectivity index (χ1v) is 7.61. The van der Waals surface area contributed by atoms with E-state index in [0.717, 1.165) is 4.90 Å². The van der Waals surface area contributed by atoms with Crippen molar-refractivity contribution in [2.45, 2.75) is 18.2 Å². The van der Waals surface area contributed by atoms with E-state index in [2.05, 4.69) is 0 Å². The summed E-state index contributed by atoms with van der Waals surface area (Å²) < 4.78 is 18.9. The minimum atomic E-state index is -0.450. The van der Waals surface area contributed by atoms with Gasteiger partial charge in [0, 0.05) is 11.3 Å². The molecule has 0 aliphatic carbocycles. The first-order chi connectivity index (χ1) is 10.1. The van der Waals surface area contributed by atoms with Gasteiger partial charge in [0.15, 0.2) is 11.6 Å². The van der Waals surface area contributed by atoms with Crippen molar-refractivity contribution in [2.24, 2.45) is 0 Å². The minimum Gasteiger partial charge on any atom is -0.494 e. The fourth-order valence-electron chi connectivity index (χ4n) is 1.91. The molecule has 4 heteroatoms. The first-order valence-electron chi connectivity index (χ1n) is 6.62. The molecule has 0 unspecified atom stereocenters. The van der Waals surface area contributed by atoms with E-state index in [1.165, 1.54) is 24.4 Å². The standard InChI is InChI=1S/C17H17FO2S/c1-12-6-8-15(9-7-12)21-11-14(19)10-13-4-3-5-16(20-2)17(13)18/h3-9H,10-11H2,1-2H3. The van der Waals surface area contributed by atoms with Crippen LogP contribution in [-0.4, -0.2) is 18.6 Å². The third kappa shape index (κ3) is 4.33. The van der Waals surface area contributed by atoms with Crippen molar-refractivity contribution in [3.8, 4) is 5.75 Å². The first kappa shape index (κ1) is 15.6. The molecular weight excluding hydrogens is 287 g/mol. The second kappa shape index (κ2) is 7.27. The third-order valence-electron chi connectivity index (χ3n) is 3.07. The molecule has 0 radical (unpaired) electrons. The van der Waals surface area contributed by atoms with Crippen molar-refractivity contribution in [3.63, 3.8) is 0 Å². The number of carbonyl (C=O) groups excluding carboxylic acids is 1. The van der Waals surface area contributed by atoms with E-state index >= 15 is 0 Å². The van der Waals surface area contributed by atoms with Gasteiger partial charge in [-0.1, -0.05) is 29.8 Å². The molecule has 0 atom stereocenters. The summed E-state index contributed by atoms with van der Waals surface area (Å²) in [6, 6.07) is 12.8. The number of rotatable bonds is 6. The Labute approximate surface area is 128 Å². The predicted octanol–water partition coefficient (Wildman–Crippen LogP) is 4.05. The zero-order valence-electron chi connectivity index (χ0n) is 12.1. The van der Waals surface area contributed by atoms with Gasteiger partial charge >= 0.3 is 0 Å². The molecule has 0 aliphatic rings. The van der Waals surface area contributed by atoms with Crippen LogP contribution in [0.2, 0.25) is 0 Å². The Morgan fingerprint density at radius 2 is 1.90 bits per heavy atom. The molecule has 0 bridgehead atoms. The number of carbonyl (C=O) groups is 1. The SMILES string of the molecule is COc1cccc(CC(=O)CSc2ccc(C)cc2)c1F. The van der Waals surface area contributed by atoms with Gasteiger partial charge in [0.2, 0.25) is 0 Å². The van der Waals surface area contributed by atoms with E-state index in [4.69, 9.17) is 4.74 Å². The molecule has 0 heterocycles. The molecule has 0 aliphatic heterocycles. The molecule has 0 saturated carbocycles. The Hall–Kier alpha value is -1.81. The van der Waals surface area contributed by atoms with E-state index in [1.54, 1.807) is 18.2 Å². The summed E-state index contributed by atoms with van der Waals surface area (Å²) in [7, 11) is 1.41. The summed E-state index contributed by atoms with van der Waals surface area (Å²) in [5.41, 5.74) is 1.56. The molecule has 0 N–H and O–H groups in total. The van der Waals surface area contributed by atoms with Gasteiger partial charge in [-0.3, -0.25) is 4.79 Å². The molecule has 0 saturated heterocycles. The van der Waals surface area contributed by atoms with E-state index < -0.39 is 5.82 Å². The van der Waals surface area contributed by atoms with Crippen LogP contribution in [-0.2, 0) is 11.2 Å². The number of halogens is 1. The molecule has 0 aromatic heterocycles. The Balaban J connectivity index is 1.94. The van der Waals surface area contributed by atoms with Crippen molar-refractivity contribution in [3.05, 3.63) is 59.4 Å². The maximum atomic E-state index is 14.0. The largest absolute Gasteiger partial charge is 0.494 e. The number of hydrogen-bond acceptors (Lipinski definition) is 3. The van der Waals surface area contributed by atoms with Crippen LogP contribution in [0.15, 0.2) is 47.4 Å². The van der Waals surface area contributed by atoms with Crippen molar-refractivity contribution in [1.82, 2.24) is 0 Å². The number of Topliss-reactive ketones (excluding diaryl/α,β-unsaturated/α-hetero) is 1. The Morgan fingerprint density at radius 3 is 2.57 bits per heavy atom. The fourth-order valence-corrected chi connectivity index (χ4v) is 2.67. The predicted molar refractivity (Wildman–Crippen MR) is 83.6 cm³/mol. The van der Waals surface area contributed by atoms with Gasteiger partial charge < -0.3 is 4.74 Å². The highest BCUT2D eigenvalue weighted by molar-refractivity contribution is 8.00. The normalized spacial score (nSPS) is 10.4. The molecule has 0 spiro atoms.